The predicted molar refractivity (Wildman–Crippen MR) is 62.4 cm³/mol. The van der Waals surface area contributed by atoms with Gasteiger partial charge in [0, 0.05) is 5.69 Å². The Labute approximate surface area is 107 Å². The minimum absolute atomic E-state index is 0.228. The average molecular weight is 265 g/mol. The van der Waals surface area contributed by atoms with Crippen molar-refractivity contribution in [1.82, 2.24) is 4.98 Å². The van der Waals surface area contributed by atoms with E-state index in [1.165, 1.54) is 24.3 Å². The second-order valence-electron chi connectivity index (χ2n) is 3.76. The van der Waals surface area contributed by atoms with Crippen molar-refractivity contribution < 1.29 is 23.4 Å². The molecule has 0 atom stereocenters. The number of carboxylic acids is 1. The summed E-state index contributed by atoms with van der Waals surface area (Å²) >= 11 is 0. The normalized spacial score (nSPS) is 10.3. The lowest BCUT2D eigenvalue weighted by molar-refractivity contribution is 0.0693. The van der Waals surface area contributed by atoms with Gasteiger partial charge in [-0.1, -0.05) is 6.07 Å². The highest BCUT2D eigenvalue weighted by molar-refractivity contribution is 5.90. The number of nitrogens with zero attached hydrogens (tertiary/aromatic N) is 1. The first-order chi connectivity index (χ1) is 8.99. The molecule has 2 rings (SSSR count). The van der Waals surface area contributed by atoms with Crippen molar-refractivity contribution in [3.63, 3.8) is 0 Å². The van der Waals surface area contributed by atoms with Crippen molar-refractivity contribution in [3.05, 3.63) is 53.2 Å². The summed E-state index contributed by atoms with van der Waals surface area (Å²) in [7, 11) is 0. The van der Waals surface area contributed by atoms with Crippen LogP contribution in [0, 0.1) is 18.6 Å². The number of ether oxygens (including phenoxy) is 1. The zero-order chi connectivity index (χ0) is 14.0. The smallest absolute Gasteiger partial charge is 0.341 e. The molecular formula is C13H9F2NO3. The van der Waals surface area contributed by atoms with Gasteiger partial charge in [0.1, 0.15) is 5.56 Å². The number of aryl methyl sites for hydroxylation is 1. The first kappa shape index (κ1) is 12.9. The summed E-state index contributed by atoms with van der Waals surface area (Å²) in [4.78, 5) is 14.9. The fraction of sp³-hybridized carbons (Fsp3) is 0.0769. The molecule has 0 spiro atoms. The number of pyridine rings is 1. The van der Waals surface area contributed by atoms with E-state index in [9.17, 15) is 13.6 Å². The predicted octanol–water partition coefficient (Wildman–Crippen LogP) is 3.16. The zero-order valence-corrected chi connectivity index (χ0v) is 9.85. The van der Waals surface area contributed by atoms with Crippen LogP contribution in [-0.4, -0.2) is 16.1 Å². The Morgan fingerprint density at radius 2 is 2.00 bits per heavy atom. The number of carbonyl (C=O) groups is 1. The van der Waals surface area contributed by atoms with Gasteiger partial charge < -0.3 is 9.84 Å². The molecule has 0 saturated heterocycles. The number of benzene rings is 1. The average Bonchev–Trinajstić information content (AvgIpc) is 2.35. The molecular weight excluding hydrogens is 256 g/mol. The topological polar surface area (TPSA) is 59.4 Å². The highest BCUT2D eigenvalue weighted by Crippen LogP contribution is 2.27. The van der Waals surface area contributed by atoms with E-state index < -0.39 is 23.4 Å². The van der Waals surface area contributed by atoms with E-state index in [2.05, 4.69) is 4.98 Å². The molecule has 0 radical (unpaired) electrons. The second kappa shape index (κ2) is 5.01. The molecule has 0 aliphatic carbocycles. The summed E-state index contributed by atoms with van der Waals surface area (Å²) in [5, 5.41) is 8.97. The van der Waals surface area contributed by atoms with Gasteiger partial charge in [0.2, 0.25) is 11.7 Å². The molecule has 0 amide bonds. The van der Waals surface area contributed by atoms with Crippen LogP contribution < -0.4 is 4.74 Å². The van der Waals surface area contributed by atoms with Crippen molar-refractivity contribution in [2.45, 2.75) is 6.92 Å². The quantitative estimate of drug-likeness (QED) is 0.926. The summed E-state index contributed by atoms with van der Waals surface area (Å²) in [6.07, 6.45) is 0. The molecule has 0 bridgehead atoms. The van der Waals surface area contributed by atoms with Gasteiger partial charge in [-0.2, -0.15) is 4.39 Å². The molecule has 1 aromatic heterocycles. The Morgan fingerprint density at radius 3 is 2.68 bits per heavy atom. The molecule has 0 unspecified atom stereocenters. The van der Waals surface area contributed by atoms with Crippen LogP contribution >= 0.6 is 0 Å². The van der Waals surface area contributed by atoms with Crippen LogP contribution in [0.4, 0.5) is 8.78 Å². The molecule has 4 nitrogen and oxygen atoms in total. The molecule has 0 aliphatic rings. The van der Waals surface area contributed by atoms with E-state index in [0.29, 0.717) is 5.69 Å². The molecule has 0 saturated carbocycles. The largest absolute Gasteiger partial charge is 0.477 e. The van der Waals surface area contributed by atoms with Gasteiger partial charge in [0.25, 0.3) is 0 Å². The number of halogens is 2. The minimum atomic E-state index is -1.26. The maximum atomic E-state index is 13.4. The monoisotopic (exact) mass is 265 g/mol. The Morgan fingerprint density at radius 1 is 1.26 bits per heavy atom. The summed E-state index contributed by atoms with van der Waals surface area (Å²) in [6.45, 7) is 1.63. The first-order valence-corrected chi connectivity index (χ1v) is 5.32. The Balaban J connectivity index is 2.45. The molecule has 1 heterocycles. The van der Waals surface area contributed by atoms with Gasteiger partial charge in [0.05, 0.1) is 0 Å². The van der Waals surface area contributed by atoms with Crippen molar-refractivity contribution in [2.75, 3.05) is 0 Å². The number of aromatic nitrogens is 1. The third kappa shape index (κ3) is 2.67. The van der Waals surface area contributed by atoms with Gasteiger partial charge in [-0.05, 0) is 31.2 Å². The molecule has 1 N–H and O–H groups in total. The third-order valence-corrected chi connectivity index (χ3v) is 2.35. The molecule has 98 valence electrons. The summed E-state index contributed by atoms with van der Waals surface area (Å²) in [5.74, 6) is -4.24. The molecule has 0 aliphatic heterocycles. The number of aromatic carboxylic acids is 1. The van der Waals surface area contributed by atoms with Gasteiger partial charge in [-0.3, -0.25) is 0 Å². The highest BCUT2D eigenvalue weighted by atomic mass is 19.2. The fourth-order valence-corrected chi connectivity index (χ4v) is 1.44. The van der Waals surface area contributed by atoms with E-state index in [1.54, 1.807) is 6.92 Å². The van der Waals surface area contributed by atoms with E-state index in [-0.39, 0.29) is 11.4 Å². The van der Waals surface area contributed by atoms with Gasteiger partial charge >= 0.3 is 5.97 Å². The number of hydrogen-bond donors (Lipinski definition) is 1. The Hall–Kier alpha value is -2.50. The van der Waals surface area contributed by atoms with E-state index in [1.807, 2.05) is 0 Å². The van der Waals surface area contributed by atoms with Crippen LogP contribution in [0.5, 0.6) is 11.6 Å². The standard InChI is InChI=1S/C13H9F2NO3/c1-7-5-6-8(13(17)18)12(16-7)19-10-4-2-3-9(14)11(10)15/h2-6H,1H3,(H,17,18). The lowest BCUT2D eigenvalue weighted by atomic mass is 10.2. The van der Waals surface area contributed by atoms with Crippen LogP contribution in [0.25, 0.3) is 0 Å². The van der Waals surface area contributed by atoms with Gasteiger partial charge in [-0.15, -0.1) is 0 Å². The van der Waals surface area contributed by atoms with Gasteiger partial charge in [0.15, 0.2) is 11.6 Å². The van der Waals surface area contributed by atoms with E-state index in [4.69, 9.17) is 9.84 Å². The van der Waals surface area contributed by atoms with Crippen LogP contribution in [0.3, 0.4) is 0 Å². The first-order valence-electron chi connectivity index (χ1n) is 5.32. The highest BCUT2D eigenvalue weighted by Gasteiger charge is 2.17. The summed E-state index contributed by atoms with van der Waals surface area (Å²) in [5.41, 5.74) is 0.270. The molecule has 1 aromatic carbocycles. The maximum Gasteiger partial charge on any atom is 0.341 e. The van der Waals surface area contributed by atoms with Crippen LogP contribution in [-0.2, 0) is 0 Å². The van der Waals surface area contributed by atoms with E-state index in [0.717, 1.165) is 6.07 Å². The Kier molecular flexibility index (Phi) is 3.41. The lowest BCUT2D eigenvalue weighted by Crippen LogP contribution is -2.03. The number of hydrogen-bond acceptors (Lipinski definition) is 3. The van der Waals surface area contributed by atoms with Crippen LogP contribution in [0.2, 0.25) is 0 Å². The zero-order valence-electron chi connectivity index (χ0n) is 9.85. The Bertz CT molecular complexity index is 644. The minimum Gasteiger partial charge on any atom is -0.477 e. The number of carboxylic acid groups (broad SMARTS) is 1. The summed E-state index contributed by atoms with van der Waals surface area (Å²) in [6, 6.07) is 6.15. The molecule has 19 heavy (non-hydrogen) atoms. The van der Waals surface area contributed by atoms with Crippen molar-refractivity contribution in [2.24, 2.45) is 0 Å². The van der Waals surface area contributed by atoms with Crippen molar-refractivity contribution in [3.8, 4) is 11.6 Å². The van der Waals surface area contributed by atoms with E-state index >= 15 is 0 Å². The lowest BCUT2D eigenvalue weighted by Gasteiger charge is -2.09. The molecule has 6 heteroatoms. The number of rotatable bonds is 3. The fourth-order valence-electron chi connectivity index (χ4n) is 1.44. The SMILES string of the molecule is Cc1ccc(C(=O)O)c(Oc2cccc(F)c2F)n1. The van der Waals surface area contributed by atoms with Crippen molar-refractivity contribution >= 4 is 5.97 Å². The van der Waals surface area contributed by atoms with Gasteiger partial charge in [-0.25, -0.2) is 14.2 Å². The third-order valence-electron chi connectivity index (χ3n) is 2.35. The van der Waals surface area contributed by atoms with Crippen LogP contribution in [0.1, 0.15) is 16.1 Å². The second-order valence-corrected chi connectivity index (χ2v) is 3.76. The summed E-state index contributed by atoms with van der Waals surface area (Å²) < 4.78 is 31.5. The molecule has 0 fully saturated rings. The molecule has 2 aromatic rings. The van der Waals surface area contributed by atoms with Crippen molar-refractivity contribution in [1.29, 1.82) is 0 Å². The van der Waals surface area contributed by atoms with Crippen LogP contribution in [0.15, 0.2) is 30.3 Å². The maximum absolute atomic E-state index is 13.4.